The molecular formula is C15H14ClN3O. The second-order valence-corrected chi connectivity index (χ2v) is 4.65. The van der Waals surface area contributed by atoms with Crippen molar-refractivity contribution < 1.29 is 0 Å². The van der Waals surface area contributed by atoms with Crippen molar-refractivity contribution in [3.05, 3.63) is 81.7 Å². The molecule has 0 aliphatic heterocycles. The SMILES string of the molecule is O=N/C=C(/Cc1ccc(Cl)nc1)NCc1ccccc1. The van der Waals surface area contributed by atoms with Crippen LogP contribution in [0.5, 0.6) is 0 Å². The van der Waals surface area contributed by atoms with E-state index in [1.165, 1.54) is 6.20 Å². The van der Waals surface area contributed by atoms with E-state index in [1.807, 2.05) is 36.4 Å². The summed E-state index contributed by atoms with van der Waals surface area (Å²) in [5.74, 6) is 0. The van der Waals surface area contributed by atoms with Gasteiger partial charge in [-0.1, -0.05) is 48.0 Å². The van der Waals surface area contributed by atoms with Gasteiger partial charge in [-0.2, -0.15) is 0 Å². The van der Waals surface area contributed by atoms with Crippen LogP contribution >= 0.6 is 11.6 Å². The predicted octanol–water partition coefficient (Wildman–Crippen LogP) is 3.68. The molecule has 1 aromatic carbocycles. The highest BCUT2D eigenvalue weighted by Gasteiger charge is 2.01. The molecule has 1 N–H and O–H groups in total. The molecule has 102 valence electrons. The number of nitrogens with zero attached hydrogens (tertiary/aromatic N) is 2. The highest BCUT2D eigenvalue weighted by atomic mass is 35.5. The third-order valence-electron chi connectivity index (χ3n) is 2.75. The van der Waals surface area contributed by atoms with Gasteiger partial charge in [0.25, 0.3) is 0 Å². The number of nitroso groups, excluding NO2 is 1. The largest absolute Gasteiger partial charge is 0.383 e. The van der Waals surface area contributed by atoms with Gasteiger partial charge in [-0.25, -0.2) is 4.98 Å². The van der Waals surface area contributed by atoms with Gasteiger partial charge in [0, 0.05) is 24.9 Å². The lowest BCUT2D eigenvalue weighted by Gasteiger charge is -2.10. The Bertz CT molecular complexity index is 582. The number of pyridine rings is 1. The van der Waals surface area contributed by atoms with E-state index in [0.29, 0.717) is 18.1 Å². The summed E-state index contributed by atoms with van der Waals surface area (Å²) in [4.78, 5) is 14.5. The summed E-state index contributed by atoms with van der Waals surface area (Å²) < 4.78 is 0. The molecular weight excluding hydrogens is 274 g/mol. The minimum absolute atomic E-state index is 0.449. The second kappa shape index (κ2) is 7.40. The standard InChI is InChI=1S/C15H14ClN3O/c16-15-7-6-13(10-18-15)8-14(11-19-20)17-9-12-4-2-1-3-5-12/h1-7,10-11,17H,8-9H2/b14-11-. The van der Waals surface area contributed by atoms with Crippen LogP contribution in [-0.2, 0) is 13.0 Å². The first-order chi connectivity index (χ1) is 9.78. The van der Waals surface area contributed by atoms with E-state index in [-0.39, 0.29) is 0 Å². The minimum Gasteiger partial charge on any atom is -0.383 e. The smallest absolute Gasteiger partial charge is 0.129 e. The van der Waals surface area contributed by atoms with Crippen molar-refractivity contribution in [3.63, 3.8) is 0 Å². The van der Waals surface area contributed by atoms with E-state index in [2.05, 4.69) is 15.5 Å². The number of hydrogen-bond donors (Lipinski definition) is 1. The van der Waals surface area contributed by atoms with E-state index in [1.54, 1.807) is 12.3 Å². The van der Waals surface area contributed by atoms with Gasteiger partial charge in [-0.3, -0.25) is 0 Å². The molecule has 0 saturated carbocycles. The molecule has 0 saturated heterocycles. The molecule has 2 rings (SSSR count). The quantitative estimate of drug-likeness (QED) is 0.651. The van der Waals surface area contributed by atoms with Gasteiger partial charge < -0.3 is 5.32 Å². The van der Waals surface area contributed by atoms with Crippen LogP contribution < -0.4 is 5.32 Å². The lowest BCUT2D eigenvalue weighted by Crippen LogP contribution is -2.14. The molecule has 5 heteroatoms. The van der Waals surface area contributed by atoms with Crippen LogP contribution in [0.25, 0.3) is 0 Å². The Morgan fingerprint density at radius 1 is 1.20 bits per heavy atom. The van der Waals surface area contributed by atoms with Crippen molar-refractivity contribution >= 4 is 11.6 Å². The van der Waals surface area contributed by atoms with Crippen LogP contribution in [0.1, 0.15) is 11.1 Å². The third-order valence-corrected chi connectivity index (χ3v) is 2.98. The van der Waals surface area contributed by atoms with Gasteiger partial charge in [0.05, 0.1) is 6.20 Å². The Kier molecular flexibility index (Phi) is 5.26. The van der Waals surface area contributed by atoms with Gasteiger partial charge in [0.2, 0.25) is 0 Å². The lowest BCUT2D eigenvalue weighted by molar-refractivity contribution is 0.777. The molecule has 0 spiro atoms. The molecule has 4 nitrogen and oxygen atoms in total. The first-order valence-corrected chi connectivity index (χ1v) is 6.55. The van der Waals surface area contributed by atoms with E-state index < -0.39 is 0 Å². The second-order valence-electron chi connectivity index (χ2n) is 4.26. The number of hydrogen-bond acceptors (Lipinski definition) is 4. The van der Waals surface area contributed by atoms with Gasteiger partial charge in [0.15, 0.2) is 0 Å². The Hall–Kier alpha value is -2.20. The topological polar surface area (TPSA) is 54.4 Å². The molecule has 0 aliphatic rings. The molecule has 0 bridgehead atoms. The van der Waals surface area contributed by atoms with E-state index in [0.717, 1.165) is 16.8 Å². The molecule has 1 heterocycles. The maximum absolute atomic E-state index is 10.5. The summed E-state index contributed by atoms with van der Waals surface area (Å²) in [5, 5.41) is 6.50. The fraction of sp³-hybridized carbons (Fsp3) is 0.133. The molecule has 20 heavy (non-hydrogen) atoms. The van der Waals surface area contributed by atoms with E-state index >= 15 is 0 Å². The summed E-state index contributed by atoms with van der Waals surface area (Å²) in [6.45, 7) is 0.642. The third kappa shape index (κ3) is 4.48. The maximum atomic E-state index is 10.5. The summed E-state index contributed by atoms with van der Waals surface area (Å²) in [7, 11) is 0. The van der Waals surface area contributed by atoms with Gasteiger partial charge >= 0.3 is 0 Å². The van der Waals surface area contributed by atoms with Gasteiger partial charge in [-0.05, 0) is 22.4 Å². The maximum Gasteiger partial charge on any atom is 0.129 e. The average Bonchev–Trinajstić information content (AvgIpc) is 2.48. The molecule has 0 fully saturated rings. The number of allylic oxidation sites excluding steroid dienone is 1. The summed E-state index contributed by atoms with van der Waals surface area (Å²) in [6.07, 6.45) is 3.53. The molecule has 0 radical (unpaired) electrons. The van der Waals surface area contributed by atoms with Crippen LogP contribution in [0.15, 0.2) is 65.7 Å². The summed E-state index contributed by atoms with van der Waals surface area (Å²) in [5.41, 5.74) is 2.84. The van der Waals surface area contributed by atoms with E-state index in [9.17, 15) is 4.91 Å². The fourth-order valence-corrected chi connectivity index (χ4v) is 1.87. The first-order valence-electron chi connectivity index (χ1n) is 6.17. The lowest BCUT2D eigenvalue weighted by atomic mass is 10.1. The van der Waals surface area contributed by atoms with Crippen molar-refractivity contribution in [1.29, 1.82) is 0 Å². The number of rotatable bonds is 6. The predicted molar refractivity (Wildman–Crippen MR) is 80.1 cm³/mol. The minimum atomic E-state index is 0.449. The van der Waals surface area contributed by atoms with E-state index in [4.69, 9.17) is 11.6 Å². The zero-order valence-corrected chi connectivity index (χ0v) is 11.5. The van der Waals surface area contributed by atoms with Crippen molar-refractivity contribution in [1.82, 2.24) is 10.3 Å². The van der Waals surface area contributed by atoms with Crippen molar-refractivity contribution in [2.75, 3.05) is 0 Å². The van der Waals surface area contributed by atoms with Crippen molar-refractivity contribution in [2.24, 2.45) is 5.18 Å². The normalized spacial score (nSPS) is 11.2. The molecule has 0 atom stereocenters. The number of aromatic nitrogens is 1. The highest BCUT2D eigenvalue weighted by molar-refractivity contribution is 6.29. The number of benzene rings is 1. The van der Waals surface area contributed by atoms with Crippen LogP contribution in [0.2, 0.25) is 5.15 Å². The molecule has 1 aromatic heterocycles. The Balaban J connectivity index is 1.99. The molecule has 0 amide bonds. The zero-order valence-electron chi connectivity index (χ0n) is 10.8. The Morgan fingerprint density at radius 2 is 2.00 bits per heavy atom. The van der Waals surface area contributed by atoms with Crippen LogP contribution in [0, 0.1) is 4.91 Å². The Labute approximate surface area is 122 Å². The average molecular weight is 288 g/mol. The fourth-order valence-electron chi connectivity index (χ4n) is 1.76. The monoisotopic (exact) mass is 287 g/mol. The van der Waals surface area contributed by atoms with Crippen molar-refractivity contribution in [3.8, 4) is 0 Å². The van der Waals surface area contributed by atoms with Crippen LogP contribution in [0.3, 0.4) is 0 Å². The molecule has 0 aliphatic carbocycles. The Morgan fingerprint density at radius 3 is 2.65 bits per heavy atom. The van der Waals surface area contributed by atoms with Gasteiger partial charge in [-0.15, -0.1) is 4.91 Å². The van der Waals surface area contributed by atoms with Gasteiger partial charge in [0.1, 0.15) is 5.15 Å². The van der Waals surface area contributed by atoms with Crippen molar-refractivity contribution in [2.45, 2.75) is 13.0 Å². The highest BCUT2D eigenvalue weighted by Crippen LogP contribution is 2.10. The number of nitrogens with one attached hydrogen (secondary N) is 1. The first kappa shape index (κ1) is 14.2. The zero-order chi connectivity index (χ0) is 14.2. The molecule has 2 aromatic rings. The summed E-state index contributed by atoms with van der Waals surface area (Å²) in [6, 6.07) is 13.5. The number of halogens is 1. The summed E-state index contributed by atoms with van der Waals surface area (Å²) >= 11 is 5.74. The van der Waals surface area contributed by atoms with Crippen LogP contribution in [-0.4, -0.2) is 4.98 Å². The van der Waals surface area contributed by atoms with Crippen LogP contribution in [0.4, 0.5) is 0 Å². The molecule has 0 unspecified atom stereocenters.